The molecule has 0 bridgehead atoms. The lowest BCUT2D eigenvalue weighted by atomic mass is 10.1. The number of hydrogen-bond donors (Lipinski definition) is 1. The van der Waals surface area contributed by atoms with Crippen LogP contribution in [0.1, 0.15) is 38.2 Å². The summed E-state index contributed by atoms with van der Waals surface area (Å²) in [5, 5.41) is 0. The number of rotatable bonds is 6. The summed E-state index contributed by atoms with van der Waals surface area (Å²) in [4.78, 5) is 34.6. The lowest BCUT2D eigenvalue weighted by Crippen LogP contribution is -2.10. The number of fused-ring (bicyclic) bond motifs is 1. The molecule has 9 heteroatoms. The fraction of sp³-hybridized carbons (Fsp3) is 0.217. The standard InChI is InChI=1S/C23H23N7O2/c1-13(24)20(15(3)31)19-11-26-21-17(16-9-27-23(32-4)28-10-16)12-30(22(21)29-19)14(2)18-7-5-6-8-25-18/h5-12,14H,24H2,1-4H3/t14-/m0/s1. The molecule has 0 spiro atoms. The molecule has 2 N–H and O–H groups in total. The van der Waals surface area contributed by atoms with Crippen molar-refractivity contribution in [1.82, 2.24) is 29.5 Å². The highest BCUT2D eigenvalue weighted by Crippen LogP contribution is 2.32. The molecule has 0 aliphatic carbocycles. The average Bonchev–Trinajstić information content (AvgIpc) is 3.17. The number of methoxy groups -OCH3 is 1. The molecule has 162 valence electrons. The first-order chi connectivity index (χ1) is 15.4. The van der Waals surface area contributed by atoms with E-state index in [1.807, 2.05) is 35.9 Å². The molecular weight excluding hydrogens is 406 g/mol. The summed E-state index contributed by atoms with van der Waals surface area (Å²) in [6.45, 7) is 5.17. The molecule has 4 aromatic rings. The van der Waals surface area contributed by atoms with Crippen LogP contribution in [0.15, 0.2) is 54.9 Å². The van der Waals surface area contributed by atoms with Crippen molar-refractivity contribution in [3.05, 3.63) is 66.3 Å². The van der Waals surface area contributed by atoms with E-state index in [0.717, 1.165) is 16.8 Å². The van der Waals surface area contributed by atoms with E-state index < -0.39 is 0 Å². The van der Waals surface area contributed by atoms with E-state index in [1.54, 1.807) is 31.7 Å². The molecule has 0 unspecified atom stereocenters. The maximum absolute atomic E-state index is 12.2. The van der Waals surface area contributed by atoms with Crippen LogP contribution in [0.2, 0.25) is 0 Å². The molecule has 1 atom stereocenters. The van der Waals surface area contributed by atoms with Gasteiger partial charge in [0.1, 0.15) is 5.52 Å². The number of ether oxygens (including phenoxy) is 1. The van der Waals surface area contributed by atoms with Crippen molar-refractivity contribution < 1.29 is 9.53 Å². The number of pyridine rings is 1. The zero-order valence-electron chi connectivity index (χ0n) is 18.3. The summed E-state index contributed by atoms with van der Waals surface area (Å²) >= 11 is 0. The number of carbonyl (C=O) groups is 1. The Hall–Kier alpha value is -4.14. The van der Waals surface area contributed by atoms with Crippen molar-refractivity contribution >= 4 is 22.5 Å². The fourth-order valence-electron chi connectivity index (χ4n) is 3.62. The van der Waals surface area contributed by atoms with Crippen LogP contribution < -0.4 is 10.5 Å². The van der Waals surface area contributed by atoms with Gasteiger partial charge in [0.2, 0.25) is 0 Å². The predicted octanol–water partition coefficient (Wildman–Crippen LogP) is 3.18. The van der Waals surface area contributed by atoms with Crippen molar-refractivity contribution in [3.8, 4) is 17.1 Å². The van der Waals surface area contributed by atoms with Crippen LogP contribution in [-0.2, 0) is 4.79 Å². The first kappa shape index (κ1) is 21.1. The van der Waals surface area contributed by atoms with Gasteiger partial charge < -0.3 is 15.0 Å². The Morgan fingerprint density at radius 3 is 2.44 bits per heavy atom. The molecule has 32 heavy (non-hydrogen) atoms. The summed E-state index contributed by atoms with van der Waals surface area (Å²) in [5.74, 6) is -0.168. The predicted molar refractivity (Wildman–Crippen MR) is 121 cm³/mol. The molecule has 0 aliphatic rings. The summed E-state index contributed by atoms with van der Waals surface area (Å²) < 4.78 is 7.05. The number of hydrogen-bond acceptors (Lipinski definition) is 8. The van der Waals surface area contributed by atoms with E-state index >= 15 is 0 Å². The van der Waals surface area contributed by atoms with Crippen LogP contribution in [0.25, 0.3) is 27.9 Å². The molecule has 9 nitrogen and oxygen atoms in total. The largest absolute Gasteiger partial charge is 0.467 e. The molecule has 0 saturated heterocycles. The number of nitrogens with zero attached hydrogens (tertiary/aromatic N) is 6. The normalized spacial score (nSPS) is 13.0. The Kier molecular flexibility index (Phi) is 5.63. The molecular formula is C23H23N7O2. The van der Waals surface area contributed by atoms with E-state index in [-0.39, 0.29) is 17.8 Å². The highest BCUT2D eigenvalue weighted by molar-refractivity contribution is 6.19. The third-order valence-electron chi connectivity index (χ3n) is 5.18. The number of ketones is 1. The average molecular weight is 429 g/mol. The highest BCUT2D eigenvalue weighted by Gasteiger charge is 2.21. The van der Waals surface area contributed by atoms with E-state index in [2.05, 4.69) is 19.9 Å². The van der Waals surface area contributed by atoms with Crippen molar-refractivity contribution in [2.24, 2.45) is 5.73 Å². The lowest BCUT2D eigenvalue weighted by molar-refractivity contribution is -0.111. The summed E-state index contributed by atoms with van der Waals surface area (Å²) in [7, 11) is 1.52. The van der Waals surface area contributed by atoms with E-state index in [9.17, 15) is 4.79 Å². The second kappa shape index (κ2) is 8.54. The Morgan fingerprint density at radius 1 is 1.09 bits per heavy atom. The van der Waals surface area contributed by atoms with Gasteiger partial charge >= 0.3 is 6.01 Å². The van der Waals surface area contributed by atoms with Crippen LogP contribution in [0.5, 0.6) is 6.01 Å². The van der Waals surface area contributed by atoms with Crippen LogP contribution in [0.4, 0.5) is 0 Å². The molecule has 0 saturated carbocycles. The van der Waals surface area contributed by atoms with Gasteiger partial charge in [-0.2, -0.15) is 0 Å². The Morgan fingerprint density at radius 2 is 1.84 bits per heavy atom. The zero-order chi connectivity index (χ0) is 22.8. The van der Waals surface area contributed by atoms with Gasteiger partial charge in [0.25, 0.3) is 0 Å². The Bertz CT molecular complexity index is 1310. The van der Waals surface area contributed by atoms with Gasteiger partial charge in [0.05, 0.1) is 36.3 Å². The van der Waals surface area contributed by atoms with Crippen LogP contribution in [-0.4, -0.2) is 42.4 Å². The first-order valence-electron chi connectivity index (χ1n) is 10.0. The lowest BCUT2D eigenvalue weighted by Gasteiger charge is -2.14. The first-order valence-corrected chi connectivity index (χ1v) is 10.0. The maximum atomic E-state index is 12.2. The van der Waals surface area contributed by atoms with Gasteiger partial charge in [-0.25, -0.2) is 19.9 Å². The number of Topliss-reactive ketones (excluding diaryl/α,β-unsaturated/α-hetero) is 1. The van der Waals surface area contributed by atoms with Crippen molar-refractivity contribution in [3.63, 3.8) is 0 Å². The zero-order valence-corrected chi connectivity index (χ0v) is 18.3. The minimum absolute atomic E-state index is 0.139. The molecule has 4 heterocycles. The molecule has 4 aromatic heterocycles. The van der Waals surface area contributed by atoms with Gasteiger partial charge in [0.15, 0.2) is 11.4 Å². The molecule has 0 aliphatic heterocycles. The minimum atomic E-state index is -0.168. The highest BCUT2D eigenvalue weighted by atomic mass is 16.5. The molecule has 0 aromatic carbocycles. The topological polar surface area (TPSA) is 122 Å². The third kappa shape index (κ3) is 3.80. The molecule has 4 rings (SSSR count). The summed E-state index contributed by atoms with van der Waals surface area (Å²) in [5.41, 5.74) is 10.8. The quantitative estimate of drug-likeness (QED) is 0.464. The third-order valence-corrected chi connectivity index (χ3v) is 5.18. The van der Waals surface area contributed by atoms with Gasteiger partial charge in [-0.1, -0.05) is 6.07 Å². The summed E-state index contributed by atoms with van der Waals surface area (Å²) in [6, 6.07) is 5.90. The van der Waals surface area contributed by atoms with Gasteiger partial charge in [0, 0.05) is 41.6 Å². The molecule has 0 radical (unpaired) electrons. The summed E-state index contributed by atoms with van der Waals surface area (Å²) in [6.07, 6.45) is 8.62. The number of carbonyl (C=O) groups excluding carboxylic acids is 1. The Labute approximate surface area is 185 Å². The SMILES string of the molecule is COc1ncc(-c2cn([C@@H](C)c3ccccn3)c3nc(C(C(C)=O)=C(C)N)cnc23)cn1. The van der Waals surface area contributed by atoms with Crippen LogP contribution >= 0.6 is 0 Å². The van der Waals surface area contributed by atoms with Gasteiger partial charge in [-0.05, 0) is 32.9 Å². The van der Waals surface area contributed by atoms with Crippen molar-refractivity contribution in [1.29, 1.82) is 0 Å². The monoisotopic (exact) mass is 429 g/mol. The van der Waals surface area contributed by atoms with E-state index in [1.165, 1.54) is 14.0 Å². The second-order valence-corrected chi connectivity index (χ2v) is 7.38. The maximum Gasteiger partial charge on any atom is 0.316 e. The minimum Gasteiger partial charge on any atom is -0.467 e. The smallest absolute Gasteiger partial charge is 0.316 e. The van der Waals surface area contributed by atoms with E-state index in [4.69, 9.17) is 15.5 Å². The van der Waals surface area contributed by atoms with Gasteiger partial charge in [-0.15, -0.1) is 0 Å². The van der Waals surface area contributed by atoms with Crippen LogP contribution in [0, 0.1) is 0 Å². The van der Waals surface area contributed by atoms with E-state index in [0.29, 0.717) is 28.1 Å². The molecule has 0 fully saturated rings. The second-order valence-electron chi connectivity index (χ2n) is 7.38. The number of nitrogens with two attached hydrogens (primary N) is 1. The van der Waals surface area contributed by atoms with Crippen LogP contribution in [0.3, 0.4) is 0 Å². The molecule has 0 amide bonds. The Balaban J connectivity index is 1.96. The van der Waals surface area contributed by atoms with Crippen molar-refractivity contribution in [2.45, 2.75) is 26.8 Å². The number of aromatic nitrogens is 6. The van der Waals surface area contributed by atoms with Gasteiger partial charge in [-0.3, -0.25) is 9.78 Å². The number of allylic oxidation sites excluding steroid dienone is 2. The van der Waals surface area contributed by atoms with Crippen molar-refractivity contribution in [2.75, 3.05) is 7.11 Å². The fourth-order valence-corrected chi connectivity index (χ4v) is 3.62.